The fourth-order valence-electron chi connectivity index (χ4n) is 2.82. The van der Waals surface area contributed by atoms with Gasteiger partial charge in [-0.1, -0.05) is 30.3 Å². The third-order valence-electron chi connectivity index (χ3n) is 3.58. The fraction of sp³-hybridized carbons (Fsp3) is 0.500. The Morgan fingerprint density at radius 1 is 0.938 bits per heavy atom. The Labute approximate surface area is 109 Å². The smallest absolute Gasteiger partial charge is 0.0364 e. The van der Waals surface area contributed by atoms with Crippen molar-refractivity contribution in [1.29, 1.82) is 0 Å². The summed E-state index contributed by atoms with van der Waals surface area (Å²) in [6.45, 7) is 3.55. The minimum atomic E-state index is 0. The summed E-state index contributed by atoms with van der Waals surface area (Å²) in [4.78, 5) is 0. The molecule has 1 aromatic rings. The van der Waals surface area contributed by atoms with Crippen molar-refractivity contribution in [3.63, 3.8) is 0 Å². The Bertz CT molecular complexity index is 318. The molecule has 2 saturated heterocycles. The minimum absolute atomic E-state index is 0. The van der Waals surface area contributed by atoms with Crippen LogP contribution in [0.3, 0.4) is 0 Å². The second-order valence-electron chi connectivity index (χ2n) is 4.38. The molecule has 4 heteroatoms. The van der Waals surface area contributed by atoms with Crippen molar-refractivity contribution in [2.75, 3.05) is 19.6 Å². The SMILES string of the molecule is Cl.Cl.c1ccc([C@H]2NC[C@@H]3CNC[C@@H]32)cc1. The topological polar surface area (TPSA) is 24.1 Å². The Morgan fingerprint density at radius 3 is 2.44 bits per heavy atom. The zero-order valence-electron chi connectivity index (χ0n) is 9.06. The highest BCUT2D eigenvalue weighted by Crippen LogP contribution is 2.35. The fourth-order valence-corrected chi connectivity index (χ4v) is 2.82. The monoisotopic (exact) mass is 260 g/mol. The molecule has 2 aliphatic rings. The van der Waals surface area contributed by atoms with Crippen LogP contribution in [0.15, 0.2) is 30.3 Å². The highest BCUT2D eigenvalue weighted by atomic mass is 35.5. The number of benzene rings is 1. The lowest BCUT2D eigenvalue weighted by molar-refractivity contribution is 0.450. The summed E-state index contributed by atoms with van der Waals surface area (Å²) in [7, 11) is 0. The lowest BCUT2D eigenvalue weighted by Crippen LogP contribution is -2.23. The van der Waals surface area contributed by atoms with E-state index >= 15 is 0 Å². The number of nitrogens with one attached hydrogen (secondary N) is 2. The number of halogens is 2. The van der Waals surface area contributed by atoms with E-state index in [9.17, 15) is 0 Å². The molecule has 0 spiro atoms. The Balaban J connectivity index is 0.000000640. The van der Waals surface area contributed by atoms with Crippen LogP contribution in [-0.2, 0) is 0 Å². The highest BCUT2D eigenvalue weighted by Gasteiger charge is 2.39. The van der Waals surface area contributed by atoms with E-state index in [4.69, 9.17) is 0 Å². The van der Waals surface area contributed by atoms with Crippen LogP contribution < -0.4 is 10.6 Å². The first kappa shape index (κ1) is 13.8. The van der Waals surface area contributed by atoms with Gasteiger partial charge in [0.25, 0.3) is 0 Å². The molecular formula is C12H18Cl2N2. The number of hydrogen-bond donors (Lipinski definition) is 2. The van der Waals surface area contributed by atoms with E-state index in [1.165, 1.54) is 25.2 Å². The summed E-state index contributed by atoms with van der Waals surface area (Å²) in [6, 6.07) is 11.4. The zero-order valence-corrected chi connectivity index (χ0v) is 10.7. The lowest BCUT2D eigenvalue weighted by Gasteiger charge is -2.17. The van der Waals surface area contributed by atoms with Gasteiger partial charge in [0, 0.05) is 19.1 Å². The molecule has 2 nitrogen and oxygen atoms in total. The molecular weight excluding hydrogens is 243 g/mol. The molecule has 0 radical (unpaired) electrons. The average Bonchev–Trinajstić information content (AvgIpc) is 2.79. The zero-order chi connectivity index (χ0) is 9.38. The van der Waals surface area contributed by atoms with Crippen LogP contribution in [0.25, 0.3) is 0 Å². The maximum absolute atomic E-state index is 3.63. The molecule has 0 bridgehead atoms. The Kier molecular flexibility index (Phi) is 5.06. The summed E-state index contributed by atoms with van der Waals surface area (Å²) < 4.78 is 0. The van der Waals surface area contributed by atoms with Gasteiger partial charge in [-0.15, -0.1) is 24.8 Å². The molecule has 16 heavy (non-hydrogen) atoms. The maximum Gasteiger partial charge on any atom is 0.0364 e. The number of hydrogen-bond acceptors (Lipinski definition) is 2. The summed E-state index contributed by atoms with van der Waals surface area (Å²) in [5.41, 5.74) is 1.45. The molecule has 0 saturated carbocycles. The molecule has 90 valence electrons. The van der Waals surface area contributed by atoms with Gasteiger partial charge >= 0.3 is 0 Å². The summed E-state index contributed by atoms with van der Waals surface area (Å²) in [6.07, 6.45) is 0. The second-order valence-corrected chi connectivity index (χ2v) is 4.38. The number of rotatable bonds is 1. The van der Waals surface area contributed by atoms with Gasteiger partial charge in [0.2, 0.25) is 0 Å². The summed E-state index contributed by atoms with van der Waals surface area (Å²) in [5, 5.41) is 7.12. The quantitative estimate of drug-likeness (QED) is 0.808. The summed E-state index contributed by atoms with van der Waals surface area (Å²) >= 11 is 0. The van der Waals surface area contributed by atoms with Gasteiger partial charge in [0.15, 0.2) is 0 Å². The first-order chi connectivity index (χ1) is 6.95. The van der Waals surface area contributed by atoms with E-state index in [2.05, 4.69) is 41.0 Å². The molecule has 2 N–H and O–H groups in total. The van der Waals surface area contributed by atoms with Crippen molar-refractivity contribution in [3.8, 4) is 0 Å². The van der Waals surface area contributed by atoms with E-state index in [1.807, 2.05) is 0 Å². The van der Waals surface area contributed by atoms with E-state index < -0.39 is 0 Å². The van der Waals surface area contributed by atoms with Crippen LogP contribution in [0.5, 0.6) is 0 Å². The van der Waals surface area contributed by atoms with Crippen LogP contribution in [0, 0.1) is 11.8 Å². The van der Waals surface area contributed by atoms with Crippen molar-refractivity contribution in [3.05, 3.63) is 35.9 Å². The first-order valence-electron chi connectivity index (χ1n) is 5.44. The molecule has 0 amide bonds. The molecule has 0 unspecified atom stereocenters. The molecule has 3 atom stereocenters. The van der Waals surface area contributed by atoms with Crippen molar-refractivity contribution in [2.45, 2.75) is 6.04 Å². The van der Waals surface area contributed by atoms with E-state index in [-0.39, 0.29) is 24.8 Å². The average molecular weight is 261 g/mol. The summed E-state index contributed by atoms with van der Waals surface area (Å²) in [5.74, 6) is 1.65. The Morgan fingerprint density at radius 2 is 1.69 bits per heavy atom. The van der Waals surface area contributed by atoms with Gasteiger partial charge in [0.05, 0.1) is 0 Å². The van der Waals surface area contributed by atoms with Crippen LogP contribution in [0.1, 0.15) is 11.6 Å². The highest BCUT2D eigenvalue weighted by molar-refractivity contribution is 5.85. The predicted octanol–water partition coefficient (Wildman–Crippen LogP) is 2.01. The van der Waals surface area contributed by atoms with Crippen molar-refractivity contribution in [2.24, 2.45) is 11.8 Å². The molecule has 2 aliphatic heterocycles. The lowest BCUT2D eigenvalue weighted by atomic mass is 9.90. The largest absolute Gasteiger partial charge is 0.316 e. The van der Waals surface area contributed by atoms with Crippen molar-refractivity contribution >= 4 is 24.8 Å². The molecule has 3 rings (SSSR count). The van der Waals surface area contributed by atoms with Gasteiger partial charge < -0.3 is 10.6 Å². The third kappa shape index (κ3) is 2.35. The van der Waals surface area contributed by atoms with Crippen molar-refractivity contribution < 1.29 is 0 Å². The van der Waals surface area contributed by atoms with Gasteiger partial charge in [-0.05, 0) is 23.9 Å². The Hall–Kier alpha value is -0.280. The molecule has 2 fully saturated rings. The van der Waals surface area contributed by atoms with E-state index in [0.29, 0.717) is 6.04 Å². The second kappa shape index (κ2) is 5.87. The van der Waals surface area contributed by atoms with Gasteiger partial charge in [-0.3, -0.25) is 0 Å². The third-order valence-corrected chi connectivity index (χ3v) is 3.58. The standard InChI is InChI=1S/C12H16N2.2ClH/c1-2-4-9(5-3-1)12-11-8-13-6-10(11)7-14-12;;/h1-5,10-14H,6-8H2;2*1H/t10-,11-,12+;;/m0../s1. The number of fused-ring (bicyclic) bond motifs is 1. The van der Waals surface area contributed by atoms with Crippen LogP contribution >= 0.6 is 24.8 Å². The minimum Gasteiger partial charge on any atom is -0.316 e. The van der Waals surface area contributed by atoms with E-state index in [0.717, 1.165) is 11.8 Å². The molecule has 1 aromatic carbocycles. The first-order valence-corrected chi connectivity index (χ1v) is 5.44. The van der Waals surface area contributed by atoms with E-state index in [1.54, 1.807) is 0 Å². The van der Waals surface area contributed by atoms with Gasteiger partial charge in [-0.2, -0.15) is 0 Å². The van der Waals surface area contributed by atoms with Gasteiger partial charge in [0.1, 0.15) is 0 Å². The van der Waals surface area contributed by atoms with Crippen molar-refractivity contribution in [1.82, 2.24) is 10.6 Å². The van der Waals surface area contributed by atoms with Crippen LogP contribution in [0.2, 0.25) is 0 Å². The predicted molar refractivity (Wildman–Crippen MR) is 71.5 cm³/mol. The molecule has 0 aliphatic carbocycles. The van der Waals surface area contributed by atoms with Crippen LogP contribution in [-0.4, -0.2) is 19.6 Å². The molecule has 0 aromatic heterocycles. The van der Waals surface area contributed by atoms with Crippen LogP contribution in [0.4, 0.5) is 0 Å². The van der Waals surface area contributed by atoms with Gasteiger partial charge in [-0.25, -0.2) is 0 Å². The molecule has 2 heterocycles. The normalized spacial score (nSPS) is 31.4. The maximum atomic E-state index is 3.63.